The van der Waals surface area contributed by atoms with Gasteiger partial charge in [0.15, 0.2) is 5.65 Å². The molecule has 2 aromatic heterocycles. The van der Waals surface area contributed by atoms with Crippen LogP contribution >= 0.6 is 0 Å². The third-order valence-corrected chi connectivity index (χ3v) is 8.18. The van der Waals surface area contributed by atoms with E-state index in [1.165, 1.54) is 4.57 Å². The molecule has 0 radical (unpaired) electrons. The molecule has 1 saturated heterocycles. The number of hydrogen-bond acceptors (Lipinski definition) is 8. The predicted octanol–water partition coefficient (Wildman–Crippen LogP) is 6.00. The molecule has 254 valence electrons. The van der Waals surface area contributed by atoms with E-state index in [4.69, 9.17) is 19.2 Å². The van der Waals surface area contributed by atoms with Gasteiger partial charge in [-0.3, -0.25) is 4.57 Å². The van der Waals surface area contributed by atoms with Gasteiger partial charge in [0.2, 0.25) is 0 Å². The molecule has 0 saturated carbocycles. The zero-order valence-electron chi connectivity index (χ0n) is 28.8. The third-order valence-electron chi connectivity index (χ3n) is 8.18. The van der Waals surface area contributed by atoms with Crippen LogP contribution in [0.25, 0.3) is 11.0 Å². The Hall–Kier alpha value is -4.77. The second-order valence-corrected chi connectivity index (χ2v) is 13.4. The summed E-state index contributed by atoms with van der Waals surface area (Å²) in [6.07, 6.45) is 1.69. The number of nitrogens with zero attached hydrogens (tertiary/aromatic N) is 5. The van der Waals surface area contributed by atoms with Crippen LogP contribution < -0.4 is 5.69 Å². The molecule has 5 rings (SSSR count). The van der Waals surface area contributed by atoms with Crippen molar-refractivity contribution in [1.82, 2.24) is 19.0 Å². The smallest absolute Gasteiger partial charge is 0.350 e. The van der Waals surface area contributed by atoms with Crippen molar-refractivity contribution in [3.63, 3.8) is 0 Å². The van der Waals surface area contributed by atoms with Gasteiger partial charge in [0.25, 0.3) is 0 Å². The molecule has 0 spiro atoms. The number of aliphatic imine (C=N–C) groups is 1. The van der Waals surface area contributed by atoms with Gasteiger partial charge >= 0.3 is 17.6 Å². The predicted molar refractivity (Wildman–Crippen MR) is 185 cm³/mol. The van der Waals surface area contributed by atoms with Gasteiger partial charge in [-0.05, 0) is 56.0 Å². The number of aromatic nitrogens is 3. The van der Waals surface area contributed by atoms with E-state index in [1.54, 1.807) is 48.4 Å². The molecule has 0 bridgehead atoms. The lowest BCUT2D eigenvalue weighted by Crippen LogP contribution is -2.32. The Kier molecular flexibility index (Phi) is 10.8. The summed E-state index contributed by atoms with van der Waals surface area (Å²) in [5.74, 6) is 0.342. The zero-order valence-corrected chi connectivity index (χ0v) is 28.8. The van der Waals surface area contributed by atoms with Crippen molar-refractivity contribution in [2.75, 3.05) is 19.7 Å². The average molecular weight is 656 g/mol. The number of esters is 2. The van der Waals surface area contributed by atoms with Gasteiger partial charge in [-0.15, -0.1) is 0 Å². The second kappa shape index (κ2) is 15.0. The quantitative estimate of drug-likeness (QED) is 0.104. The van der Waals surface area contributed by atoms with E-state index in [-0.39, 0.29) is 13.0 Å². The van der Waals surface area contributed by atoms with Crippen molar-refractivity contribution in [2.45, 2.75) is 66.4 Å². The number of aryl methyl sites for hydroxylation is 2. The van der Waals surface area contributed by atoms with Crippen LogP contribution in [0, 0.1) is 25.7 Å². The second-order valence-electron chi connectivity index (χ2n) is 13.4. The fraction of sp³-hybridized carbons (Fsp3) is 0.432. The van der Waals surface area contributed by atoms with Gasteiger partial charge in [-0.25, -0.2) is 19.4 Å². The Bertz CT molecular complexity index is 1810. The summed E-state index contributed by atoms with van der Waals surface area (Å²) in [5, 5.41) is 0.674. The van der Waals surface area contributed by atoms with Crippen molar-refractivity contribution in [3.05, 3.63) is 93.5 Å². The lowest BCUT2D eigenvalue weighted by Gasteiger charge is -2.23. The van der Waals surface area contributed by atoms with Crippen molar-refractivity contribution < 1.29 is 23.8 Å². The average Bonchev–Trinajstić information content (AvgIpc) is 3.63. The fourth-order valence-electron chi connectivity index (χ4n) is 5.77. The maximum absolute atomic E-state index is 13.2. The van der Waals surface area contributed by atoms with Crippen LogP contribution in [-0.2, 0) is 21.3 Å². The van der Waals surface area contributed by atoms with E-state index in [1.807, 2.05) is 44.2 Å². The molecule has 1 aliphatic rings. The van der Waals surface area contributed by atoms with Crippen LogP contribution in [0.2, 0.25) is 0 Å². The van der Waals surface area contributed by atoms with E-state index >= 15 is 0 Å². The molecule has 1 fully saturated rings. The molecule has 3 heterocycles. The Balaban J connectivity index is 1.42. The van der Waals surface area contributed by atoms with Gasteiger partial charge in [0, 0.05) is 32.8 Å². The largest absolute Gasteiger partial charge is 0.459 e. The monoisotopic (exact) mass is 655 g/mol. The van der Waals surface area contributed by atoms with Crippen molar-refractivity contribution >= 4 is 35.1 Å². The van der Waals surface area contributed by atoms with Gasteiger partial charge in [-0.1, -0.05) is 63.1 Å². The van der Waals surface area contributed by atoms with Gasteiger partial charge in [-0.2, -0.15) is 4.98 Å². The third kappa shape index (κ3) is 8.20. The Morgan fingerprint density at radius 1 is 0.958 bits per heavy atom. The summed E-state index contributed by atoms with van der Waals surface area (Å²) in [6, 6.07) is 16.0. The lowest BCUT2D eigenvalue weighted by molar-refractivity contribution is -0.0562. The minimum absolute atomic E-state index is 0.138. The van der Waals surface area contributed by atoms with Crippen molar-refractivity contribution in [1.29, 1.82) is 0 Å². The maximum Gasteiger partial charge on any atom is 0.350 e. The van der Waals surface area contributed by atoms with E-state index in [9.17, 15) is 14.4 Å². The summed E-state index contributed by atoms with van der Waals surface area (Å²) in [4.78, 5) is 50.4. The standard InChI is InChI=1S/C37H45N5O6/c1-23(2)19-41(20-24(3)4)22-38-33-29-16-17-42(34(29)39-37(45)40(33)7)32-18-30(48-36(44)28-14-10-26(6)11-15-28)31(47-32)21-46-35(43)27-12-8-25(5)9-13-27/h8-17,22-24,30-32H,18-21H2,1-7H3/b38-22+/t30-,31+,32+/m0/s1. The molecule has 4 aromatic rings. The van der Waals surface area contributed by atoms with Crippen LogP contribution in [0.3, 0.4) is 0 Å². The molecule has 0 N–H and O–H groups in total. The van der Waals surface area contributed by atoms with Gasteiger partial charge in [0.1, 0.15) is 30.9 Å². The summed E-state index contributed by atoms with van der Waals surface area (Å²) >= 11 is 0. The van der Waals surface area contributed by atoms with E-state index in [0.717, 1.165) is 24.2 Å². The Labute approximate surface area is 281 Å². The summed E-state index contributed by atoms with van der Waals surface area (Å²) in [7, 11) is 1.65. The lowest BCUT2D eigenvalue weighted by atomic mass is 10.1. The van der Waals surface area contributed by atoms with Gasteiger partial charge < -0.3 is 23.7 Å². The minimum Gasteiger partial charge on any atom is -0.459 e. The molecule has 2 aromatic carbocycles. The van der Waals surface area contributed by atoms with E-state index < -0.39 is 36.1 Å². The SMILES string of the molecule is Cc1ccc(C(=O)OC[C@H]2O[C@@H](n3ccc4c(/N=C/N(CC(C)C)CC(C)C)n(C)c(=O)nc43)C[C@@H]2OC(=O)c2ccc(C)cc2)cc1. The topological polar surface area (TPSA) is 117 Å². The first-order valence-corrected chi connectivity index (χ1v) is 16.4. The molecular formula is C37H45N5O6. The summed E-state index contributed by atoms with van der Waals surface area (Å²) in [6.45, 7) is 14.0. The summed E-state index contributed by atoms with van der Waals surface area (Å²) in [5.41, 5.74) is 2.80. The fourth-order valence-corrected chi connectivity index (χ4v) is 5.77. The highest BCUT2D eigenvalue weighted by Crippen LogP contribution is 2.35. The number of fused-ring (bicyclic) bond motifs is 1. The zero-order chi connectivity index (χ0) is 34.5. The van der Waals surface area contributed by atoms with Crippen LogP contribution in [0.4, 0.5) is 5.82 Å². The highest BCUT2D eigenvalue weighted by molar-refractivity contribution is 5.90. The molecule has 0 aliphatic carbocycles. The highest BCUT2D eigenvalue weighted by Gasteiger charge is 2.40. The van der Waals surface area contributed by atoms with E-state index in [2.05, 4.69) is 37.6 Å². The number of rotatable bonds is 12. The highest BCUT2D eigenvalue weighted by atomic mass is 16.6. The minimum atomic E-state index is -0.763. The molecule has 1 aliphatic heterocycles. The Morgan fingerprint density at radius 3 is 2.12 bits per heavy atom. The first-order valence-electron chi connectivity index (χ1n) is 16.4. The van der Waals surface area contributed by atoms with Gasteiger partial charge in [0.05, 0.1) is 22.9 Å². The van der Waals surface area contributed by atoms with Crippen LogP contribution in [0.15, 0.2) is 70.6 Å². The molecule has 3 atom stereocenters. The molecule has 48 heavy (non-hydrogen) atoms. The number of carbonyl (C=O) groups excluding carboxylic acids is 2. The van der Waals surface area contributed by atoms with Crippen molar-refractivity contribution in [2.24, 2.45) is 23.9 Å². The molecular weight excluding hydrogens is 610 g/mol. The number of carbonyl (C=O) groups is 2. The molecule has 11 nitrogen and oxygen atoms in total. The molecule has 11 heteroatoms. The van der Waals surface area contributed by atoms with Crippen molar-refractivity contribution in [3.8, 4) is 0 Å². The summed E-state index contributed by atoms with van der Waals surface area (Å²) < 4.78 is 21.2. The maximum atomic E-state index is 13.2. The first kappa shape index (κ1) is 34.6. The Morgan fingerprint density at radius 2 is 1.54 bits per heavy atom. The van der Waals surface area contributed by atoms with E-state index in [0.29, 0.717) is 39.8 Å². The first-order chi connectivity index (χ1) is 22.9. The molecule has 0 amide bonds. The number of ether oxygens (including phenoxy) is 3. The number of benzene rings is 2. The van der Waals surface area contributed by atoms with Crippen LogP contribution in [-0.4, -0.2) is 69.2 Å². The number of hydrogen-bond donors (Lipinski definition) is 0. The van der Waals surface area contributed by atoms with Crippen LogP contribution in [0.5, 0.6) is 0 Å². The van der Waals surface area contributed by atoms with Crippen LogP contribution in [0.1, 0.15) is 72.2 Å². The normalized spacial score (nSPS) is 17.9. The molecule has 0 unspecified atom stereocenters.